The number of alkyl halides is 3. The summed E-state index contributed by atoms with van der Waals surface area (Å²) in [6.07, 6.45) is -3.65. The van der Waals surface area contributed by atoms with E-state index < -0.39 is 17.8 Å². The summed E-state index contributed by atoms with van der Waals surface area (Å²) in [7, 11) is 0. The minimum Gasteiger partial charge on any atom is -0.336 e. The van der Waals surface area contributed by atoms with E-state index in [9.17, 15) is 28.1 Å². The number of hydrogen-bond acceptors (Lipinski definition) is 5. The Balaban J connectivity index is 0.000000567. The van der Waals surface area contributed by atoms with Crippen molar-refractivity contribution in [2.75, 3.05) is 26.2 Å². The smallest absolute Gasteiger partial charge is 0.336 e. The molecule has 0 aromatic heterocycles. The Hall–Kier alpha value is -2.20. The zero-order valence-electron chi connectivity index (χ0n) is 11.3. The Labute approximate surface area is 118 Å². The Morgan fingerprint density at radius 2 is 2.05 bits per heavy atom. The molecule has 21 heavy (non-hydrogen) atoms. The Kier molecular flexibility index (Phi) is 7.31. The molecule has 0 aliphatic carbocycles. The van der Waals surface area contributed by atoms with Crippen LogP contribution in [0.5, 0.6) is 0 Å². The van der Waals surface area contributed by atoms with Crippen LogP contribution in [-0.4, -0.2) is 65.2 Å². The number of rotatable bonds is 3. The van der Waals surface area contributed by atoms with E-state index in [0.717, 1.165) is 0 Å². The average Bonchev–Trinajstić information content (AvgIpc) is 2.37. The maximum absolute atomic E-state index is 12.1. The SMILES string of the molecule is CCC[N+](=O)[O-].N=C1CN(C=O)CCN1C(=N)C(F)(F)F. The van der Waals surface area contributed by atoms with Gasteiger partial charge in [0.2, 0.25) is 18.8 Å². The minimum atomic E-state index is -4.75. The van der Waals surface area contributed by atoms with E-state index in [4.69, 9.17) is 10.8 Å². The van der Waals surface area contributed by atoms with Gasteiger partial charge < -0.3 is 9.80 Å². The Morgan fingerprint density at radius 3 is 2.33 bits per heavy atom. The van der Waals surface area contributed by atoms with E-state index in [0.29, 0.717) is 17.7 Å². The highest BCUT2D eigenvalue weighted by atomic mass is 19.4. The lowest BCUT2D eigenvalue weighted by atomic mass is 10.3. The fourth-order valence-corrected chi connectivity index (χ4v) is 1.39. The van der Waals surface area contributed by atoms with Crippen molar-refractivity contribution in [2.45, 2.75) is 19.5 Å². The number of nitrogens with zero attached hydrogens (tertiary/aromatic N) is 3. The first kappa shape index (κ1) is 18.8. The van der Waals surface area contributed by atoms with Gasteiger partial charge >= 0.3 is 6.18 Å². The summed E-state index contributed by atoms with van der Waals surface area (Å²) in [5, 5.41) is 23.5. The van der Waals surface area contributed by atoms with Gasteiger partial charge in [0.1, 0.15) is 5.84 Å². The van der Waals surface area contributed by atoms with Crippen LogP contribution in [0.1, 0.15) is 13.3 Å². The van der Waals surface area contributed by atoms with E-state index in [-0.39, 0.29) is 31.1 Å². The normalized spacial score (nSPS) is 15.1. The summed E-state index contributed by atoms with van der Waals surface area (Å²) in [4.78, 5) is 21.1. The molecule has 1 saturated heterocycles. The van der Waals surface area contributed by atoms with Gasteiger partial charge in [-0.15, -0.1) is 0 Å². The Morgan fingerprint density at radius 1 is 1.48 bits per heavy atom. The molecule has 0 aromatic carbocycles. The molecular weight excluding hydrogens is 295 g/mol. The predicted octanol–water partition coefficient (Wildman–Crippen LogP) is 0.950. The van der Waals surface area contributed by atoms with Crippen molar-refractivity contribution in [1.82, 2.24) is 9.80 Å². The molecule has 0 saturated carbocycles. The van der Waals surface area contributed by atoms with Crippen LogP contribution in [0.2, 0.25) is 0 Å². The van der Waals surface area contributed by atoms with Crippen molar-refractivity contribution in [1.29, 1.82) is 10.8 Å². The Bertz CT molecular complexity index is 413. The van der Waals surface area contributed by atoms with Gasteiger partial charge in [-0.3, -0.25) is 25.7 Å². The second-order valence-corrected chi connectivity index (χ2v) is 4.08. The molecule has 1 rings (SSSR count). The predicted molar refractivity (Wildman–Crippen MR) is 68.0 cm³/mol. The molecule has 1 aliphatic rings. The van der Waals surface area contributed by atoms with Crippen molar-refractivity contribution in [2.24, 2.45) is 0 Å². The number of piperazine rings is 1. The molecule has 8 nitrogen and oxygen atoms in total. The highest BCUT2D eigenvalue weighted by Crippen LogP contribution is 2.20. The maximum Gasteiger partial charge on any atom is 0.449 e. The first-order valence-electron chi connectivity index (χ1n) is 5.95. The van der Waals surface area contributed by atoms with Gasteiger partial charge in [0.15, 0.2) is 0 Å². The summed E-state index contributed by atoms with van der Waals surface area (Å²) in [6, 6.07) is 0. The second-order valence-electron chi connectivity index (χ2n) is 4.08. The quantitative estimate of drug-likeness (QED) is 0.265. The lowest BCUT2D eigenvalue weighted by Crippen LogP contribution is -2.54. The minimum absolute atomic E-state index is 0.0876. The molecule has 0 radical (unpaired) electrons. The van der Waals surface area contributed by atoms with Gasteiger partial charge in [0, 0.05) is 24.4 Å². The van der Waals surface area contributed by atoms with Crippen LogP contribution in [-0.2, 0) is 4.79 Å². The number of nitro groups is 1. The fraction of sp³-hybridized carbons (Fsp3) is 0.700. The number of nitrogens with one attached hydrogen (secondary N) is 2. The molecule has 0 unspecified atom stereocenters. The molecule has 0 spiro atoms. The molecule has 1 heterocycles. The number of amides is 1. The van der Waals surface area contributed by atoms with Crippen LogP contribution < -0.4 is 0 Å². The number of carbonyl (C=O) groups excluding carboxylic acids is 1. The van der Waals surface area contributed by atoms with E-state index in [1.807, 2.05) is 0 Å². The van der Waals surface area contributed by atoms with Crippen molar-refractivity contribution < 1.29 is 22.9 Å². The third kappa shape index (κ3) is 6.68. The van der Waals surface area contributed by atoms with Crippen LogP contribution in [0.15, 0.2) is 0 Å². The second kappa shape index (κ2) is 8.17. The molecular formula is C10H16F3N5O3. The molecule has 120 valence electrons. The third-order valence-corrected chi connectivity index (χ3v) is 2.38. The third-order valence-electron chi connectivity index (χ3n) is 2.38. The number of halogens is 3. The first-order chi connectivity index (χ1) is 9.63. The summed E-state index contributed by atoms with van der Waals surface area (Å²) in [6.45, 7) is 1.60. The molecule has 1 amide bonds. The van der Waals surface area contributed by atoms with Gasteiger partial charge in [-0.25, -0.2) is 0 Å². The van der Waals surface area contributed by atoms with Crippen LogP contribution in [0.4, 0.5) is 13.2 Å². The first-order valence-corrected chi connectivity index (χ1v) is 5.95. The van der Waals surface area contributed by atoms with E-state index in [1.54, 1.807) is 6.92 Å². The lowest BCUT2D eigenvalue weighted by molar-refractivity contribution is -0.479. The van der Waals surface area contributed by atoms with Crippen LogP contribution in [0.3, 0.4) is 0 Å². The summed E-state index contributed by atoms with van der Waals surface area (Å²) in [5.74, 6) is -1.95. The number of carbonyl (C=O) groups is 1. The van der Waals surface area contributed by atoms with Crippen molar-refractivity contribution in [3.63, 3.8) is 0 Å². The number of hydrogen-bond donors (Lipinski definition) is 2. The van der Waals surface area contributed by atoms with Crippen LogP contribution >= 0.6 is 0 Å². The molecule has 11 heteroatoms. The zero-order chi connectivity index (χ0) is 16.6. The topological polar surface area (TPSA) is 114 Å². The van der Waals surface area contributed by atoms with E-state index in [2.05, 4.69) is 0 Å². The highest BCUT2D eigenvalue weighted by molar-refractivity contribution is 6.02. The summed E-state index contributed by atoms with van der Waals surface area (Å²) < 4.78 is 36.4. The molecule has 0 bridgehead atoms. The van der Waals surface area contributed by atoms with Crippen molar-refractivity contribution >= 4 is 18.1 Å². The summed E-state index contributed by atoms with van der Waals surface area (Å²) >= 11 is 0. The summed E-state index contributed by atoms with van der Waals surface area (Å²) in [5.41, 5.74) is 0. The number of amidine groups is 2. The lowest BCUT2D eigenvalue weighted by Gasteiger charge is -2.34. The maximum atomic E-state index is 12.1. The van der Waals surface area contributed by atoms with Crippen molar-refractivity contribution in [3.05, 3.63) is 10.1 Å². The van der Waals surface area contributed by atoms with Gasteiger partial charge in [0.25, 0.3) is 0 Å². The van der Waals surface area contributed by atoms with Crippen LogP contribution in [0, 0.1) is 20.9 Å². The molecule has 0 atom stereocenters. The zero-order valence-corrected chi connectivity index (χ0v) is 11.3. The molecule has 2 N–H and O–H groups in total. The van der Waals surface area contributed by atoms with E-state index in [1.165, 1.54) is 4.90 Å². The van der Waals surface area contributed by atoms with Gasteiger partial charge in [-0.1, -0.05) is 6.92 Å². The van der Waals surface area contributed by atoms with Gasteiger partial charge in [-0.05, 0) is 0 Å². The van der Waals surface area contributed by atoms with Gasteiger partial charge in [-0.2, -0.15) is 13.2 Å². The monoisotopic (exact) mass is 311 g/mol. The molecule has 0 aromatic rings. The van der Waals surface area contributed by atoms with E-state index >= 15 is 0 Å². The van der Waals surface area contributed by atoms with Crippen LogP contribution in [0.25, 0.3) is 0 Å². The van der Waals surface area contributed by atoms with Gasteiger partial charge in [0.05, 0.1) is 6.54 Å². The average molecular weight is 311 g/mol. The molecule has 1 fully saturated rings. The largest absolute Gasteiger partial charge is 0.449 e. The molecule has 1 aliphatic heterocycles. The highest BCUT2D eigenvalue weighted by Gasteiger charge is 2.41. The fourth-order valence-electron chi connectivity index (χ4n) is 1.39. The standard InChI is InChI=1S/C7H9F3N4O.C3H7NO2/c8-7(9,10)6(12)14-2-1-13(4-15)3-5(14)11;1-2-3-4(5)6/h4,11-12H,1-3H2;2-3H2,1H3. The van der Waals surface area contributed by atoms with Crippen molar-refractivity contribution in [3.8, 4) is 0 Å².